The standard InChI is InChI=1S/C16H29N3O/c1-11(16(20)18-13-6-2-3-7-13)19-9-12-5-4-8-15(17)14(12)10-19/h11-15H,2-10,17H2,1H3,(H,18,20). The fourth-order valence-corrected chi connectivity index (χ4v) is 4.43. The second-order valence-corrected chi connectivity index (χ2v) is 7.14. The predicted molar refractivity (Wildman–Crippen MR) is 80.2 cm³/mol. The molecule has 1 saturated heterocycles. The van der Waals surface area contributed by atoms with E-state index in [1.807, 2.05) is 0 Å². The summed E-state index contributed by atoms with van der Waals surface area (Å²) in [5.41, 5.74) is 6.26. The first-order valence-corrected chi connectivity index (χ1v) is 8.45. The highest BCUT2D eigenvalue weighted by molar-refractivity contribution is 5.81. The number of nitrogens with two attached hydrogens (primary N) is 1. The SMILES string of the molecule is CC(C(=O)NC1CCCC1)N1CC2CCCC(N)C2C1. The first-order valence-electron chi connectivity index (χ1n) is 8.45. The number of hydrogen-bond donors (Lipinski definition) is 2. The molecule has 1 amide bonds. The Hall–Kier alpha value is -0.610. The van der Waals surface area contributed by atoms with Gasteiger partial charge in [0, 0.05) is 25.2 Å². The maximum absolute atomic E-state index is 12.4. The summed E-state index contributed by atoms with van der Waals surface area (Å²) in [6.07, 6.45) is 8.58. The van der Waals surface area contributed by atoms with Gasteiger partial charge in [-0.25, -0.2) is 0 Å². The molecule has 0 bridgehead atoms. The van der Waals surface area contributed by atoms with Gasteiger partial charge in [-0.3, -0.25) is 9.69 Å². The molecule has 0 spiro atoms. The Bertz CT molecular complexity index is 354. The summed E-state index contributed by atoms with van der Waals surface area (Å²) >= 11 is 0. The van der Waals surface area contributed by atoms with Gasteiger partial charge in [-0.05, 0) is 44.4 Å². The first-order chi connectivity index (χ1) is 9.65. The van der Waals surface area contributed by atoms with Crippen molar-refractivity contribution in [3.05, 3.63) is 0 Å². The van der Waals surface area contributed by atoms with Crippen molar-refractivity contribution in [1.29, 1.82) is 0 Å². The van der Waals surface area contributed by atoms with Gasteiger partial charge in [-0.1, -0.05) is 19.3 Å². The minimum absolute atomic E-state index is 0.00778. The van der Waals surface area contributed by atoms with E-state index in [0.717, 1.165) is 38.3 Å². The lowest BCUT2D eigenvalue weighted by Crippen LogP contribution is -2.47. The summed E-state index contributed by atoms with van der Waals surface area (Å²) in [5.74, 6) is 1.56. The van der Waals surface area contributed by atoms with E-state index in [1.54, 1.807) is 0 Å². The molecule has 1 heterocycles. The molecule has 3 N–H and O–H groups in total. The summed E-state index contributed by atoms with van der Waals surface area (Å²) in [4.78, 5) is 14.8. The highest BCUT2D eigenvalue weighted by atomic mass is 16.2. The van der Waals surface area contributed by atoms with Gasteiger partial charge in [0.2, 0.25) is 5.91 Å². The highest BCUT2D eigenvalue weighted by Gasteiger charge is 2.41. The summed E-state index contributed by atoms with van der Waals surface area (Å²) in [7, 11) is 0. The van der Waals surface area contributed by atoms with E-state index in [2.05, 4.69) is 17.1 Å². The van der Waals surface area contributed by atoms with Crippen LogP contribution in [0.5, 0.6) is 0 Å². The zero-order chi connectivity index (χ0) is 14.1. The van der Waals surface area contributed by atoms with Crippen molar-refractivity contribution >= 4 is 5.91 Å². The molecule has 1 aliphatic heterocycles. The van der Waals surface area contributed by atoms with E-state index in [9.17, 15) is 4.79 Å². The molecule has 2 aliphatic carbocycles. The molecular weight excluding hydrogens is 250 g/mol. The third-order valence-corrected chi connectivity index (χ3v) is 5.81. The van der Waals surface area contributed by atoms with E-state index >= 15 is 0 Å². The van der Waals surface area contributed by atoms with Crippen LogP contribution in [-0.2, 0) is 4.79 Å². The molecule has 114 valence electrons. The smallest absolute Gasteiger partial charge is 0.237 e. The van der Waals surface area contributed by atoms with Gasteiger partial charge in [-0.2, -0.15) is 0 Å². The highest BCUT2D eigenvalue weighted by Crippen LogP contribution is 2.36. The van der Waals surface area contributed by atoms with Crippen molar-refractivity contribution in [2.75, 3.05) is 13.1 Å². The van der Waals surface area contributed by atoms with Crippen LogP contribution < -0.4 is 11.1 Å². The number of carbonyl (C=O) groups is 1. The Morgan fingerprint density at radius 1 is 1.15 bits per heavy atom. The lowest BCUT2D eigenvalue weighted by molar-refractivity contribution is -0.126. The number of hydrogen-bond acceptors (Lipinski definition) is 3. The maximum atomic E-state index is 12.4. The van der Waals surface area contributed by atoms with E-state index in [0.29, 0.717) is 18.0 Å². The summed E-state index contributed by atoms with van der Waals surface area (Å²) in [5, 5.41) is 3.24. The van der Waals surface area contributed by atoms with Gasteiger partial charge in [0.15, 0.2) is 0 Å². The molecule has 0 aromatic rings. The van der Waals surface area contributed by atoms with Crippen LogP contribution in [0, 0.1) is 11.8 Å². The Kier molecular flexibility index (Phi) is 4.32. The van der Waals surface area contributed by atoms with Crippen molar-refractivity contribution in [2.24, 2.45) is 17.6 Å². The third kappa shape index (κ3) is 2.86. The van der Waals surface area contributed by atoms with Gasteiger partial charge >= 0.3 is 0 Å². The summed E-state index contributed by atoms with van der Waals surface area (Å²) in [6, 6.07) is 0.786. The van der Waals surface area contributed by atoms with Crippen molar-refractivity contribution in [2.45, 2.75) is 70.0 Å². The zero-order valence-electron chi connectivity index (χ0n) is 12.7. The first kappa shape index (κ1) is 14.3. The van der Waals surface area contributed by atoms with Crippen molar-refractivity contribution in [1.82, 2.24) is 10.2 Å². The average molecular weight is 279 g/mol. The van der Waals surface area contributed by atoms with Gasteiger partial charge in [-0.15, -0.1) is 0 Å². The minimum atomic E-state index is 0.00778. The van der Waals surface area contributed by atoms with E-state index in [-0.39, 0.29) is 11.9 Å². The Morgan fingerprint density at radius 2 is 1.90 bits per heavy atom. The van der Waals surface area contributed by atoms with Crippen LogP contribution in [0.3, 0.4) is 0 Å². The quantitative estimate of drug-likeness (QED) is 0.823. The average Bonchev–Trinajstić information content (AvgIpc) is 3.07. The second-order valence-electron chi connectivity index (χ2n) is 7.14. The van der Waals surface area contributed by atoms with E-state index in [4.69, 9.17) is 5.73 Å². The lowest BCUT2D eigenvalue weighted by atomic mass is 9.78. The number of amides is 1. The van der Waals surface area contributed by atoms with Gasteiger partial charge in [0.25, 0.3) is 0 Å². The van der Waals surface area contributed by atoms with Gasteiger partial charge in [0.05, 0.1) is 6.04 Å². The van der Waals surface area contributed by atoms with Crippen molar-refractivity contribution in [3.63, 3.8) is 0 Å². The molecule has 4 heteroatoms. The minimum Gasteiger partial charge on any atom is -0.352 e. The van der Waals surface area contributed by atoms with Gasteiger partial charge in [0.1, 0.15) is 0 Å². The van der Waals surface area contributed by atoms with Crippen LogP contribution in [0.2, 0.25) is 0 Å². The lowest BCUT2D eigenvalue weighted by Gasteiger charge is -2.30. The molecule has 0 radical (unpaired) electrons. The van der Waals surface area contributed by atoms with Crippen LogP contribution in [0.4, 0.5) is 0 Å². The Labute approximate surface area is 122 Å². The van der Waals surface area contributed by atoms with Crippen LogP contribution in [0.15, 0.2) is 0 Å². The van der Waals surface area contributed by atoms with Gasteiger partial charge < -0.3 is 11.1 Å². The van der Waals surface area contributed by atoms with E-state index < -0.39 is 0 Å². The molecule has 0 aromatic carbocycles. The number of fused-ring (bicyclic) bond motifs is 1. The number of nitrogens with zero attached hydrogens (tertiary/aromatic N) is 1. The molecule has 3 rings (SSSR count). The zero-order valence-corrected chi connectivity index (χ0v) is 12.7. The third-order valence-electron chi connectivity index (χ3n) is 5.81. The maximum Gasteiger partial charge on any atom is 0.237 e. The normalized spacial score (nSPS) is 36.8. The van der Waals surface area contributed by atoms with Crippen LogP contribution >= 0.6 is 0 Å². The van der Waals surface area contributed by atoms with Crippen LogP contribution in [0.25, 0.3) is 0 Å². The number of rotatable bonds is 3. The molecular formula is C16H29N3O. The van der Waals surface area contributed by atoms with E-state index in [1.165, 1.54) is 25.7 Å². The Balaban J connectivity index is 1.54. The number of likely N-dealkylation sites (tertiary alicyclic amines) is 1. The fourth-order valence-electron chi connectivity index (χ4n) is 4.43. The molecule has 3 aliphatic rings. The summed E-state index contributed by atoms with van der Waals surface area (Å²) < 4.78 is 0. The van der Waals surface area contributed by atoms with Crippen molar-refractivity contribution < 1.29 is 4.79 Å². The fraction of sp³-hybridized carbons (Fsp3) is 0.938. The molecule has 4 nitrogen and oxygen atoms in total. The topological polar surface area (TPSA) is 58.4 Å². The second kappa shape index (κ2) is 6.02. The molecule has 4 unspecified atom stereocenters. The predicted octanol–water partition coefficient (Wildman–Crippen LogP) is 1.49. The molecule has 2 saturated carbocycles. The van der Waals surface area contributed by atoms with Crippen LogP contribution in [-0.4, -0.2) is 42.0 Å². The Morgan fingerprint density at radius 3 is 2.60 bits per heavy atom. The number of nitrogens with one attached hydrogen (secondary N) is 1. The number of carbonyl (C=O) groups excluding carboxylic acids is 1. The summed E-state index contributed by atoms with van der Waals surface area (Å²) in [6.45, 7) is 4.15. The largest absolute Gasteiger partial charge is 0.352 e. The molecule has 20 heavy (non-hydrogen) atoms. The molecule has 0 aromatic heterocycles. The molecule has 4 atom stereocenters. The monoisotopic (exact) mass is 279 g/mol. The van der Waals surface area contributed by atoms with Crippen molar-refractivity contribution in [3.8, 4) is 0 Å². The molecule has 3 fully saturated rings. The van der Waals surface area contributed by atoms with Crippen LogP contribution in [0.1, 0.15) is 51.9 Å².